The molecule has 0 fully saturated rings. The minimum Gasteiger partial charge on any atom is -0.466 e. The Kier molecular flexibility index (Phi) is 18.3. The van der Waals surface area contributed by atoms with E-state index in [0.29, 0.717) is 13.2 Å². The topological polar surface area (TPSA) is 86.7 Å². The fourth-order valence-corrected chi connectivity index (χ4v) is 0.831. The number of ketones is 2. The Balaban J connectivity index is -0.000000256. The summed E-state index contributed by atoms with van der Waals surface area (Å²) >= 11 is 0. The molecule has 0 amide bonds. The normalized spacial score (nSPS) is 8.21. The first-order chi connectivity index (χ1) is 8.33. The van der Waals surface area contributed by atoms with Gasteiger partial charge in [0, 0.05) is 21.7 Å². The molecule has 6 nitrogen and oxygen atoms in total. The van der Waals surface area contributed by atoms with E-state index in [9.17, 15) is 19.2 Å². The predicted molar refractivity (Wildman–Crippen MR) is 63.9 cm³/mol. The third-order valence-electron chi connectivity index (χ3n) is 1.40. The van der Waals surface area contributed by atoms with Crippen molar-refractivity contribution in [3.8, 4) is 0 Å². The third kappa shape index (κ3) is 22.6. The maximum Gasteiger partial charge on any atom is 0.313 e. The third-order valence-corrected chi connectivity index (χ3v) is 1.40. The van der Waals surface area contributed by atoms with Crippen molar-refractivity contribution in [2.45, 2.75) is 40.5 Å². The van der Waals surface area contributed by atoms with Gasteiger partial charge in [-0.15, -0.1) is 0 Å². The van der Waals surface area contributed by atoms with E-state index in [1.807, 2.05) is 0 Å². The molecule has 0 saturated heterocycles. The minimum absolute atomic E-state index is 0. The van der Waals surface area contributed by atoms with Gasteiger partial charge < -0.3 is 9.47 Å². The molecule has 0 atom stereocenters. The van der Waals surface area contributed by atoms with E-state index in [-0.39, 0.29) is 46.1 Å². The maximum absolute atomic E-state index is 10.4. The van der Waals surface area contributed by atoms with Crippen molar-refractivity contribution in [2.24, 2.45) is 0 Å². The van der Waals surface area contributed by atoms with Crippen LogP contribution in [0.25, 0.3) is 0 Å². The van der Waals surface area contributed by atoms with Gasteiger partial charge in [-0.25, -0.2) is 0 Å². The summed E-state index contributed by atoms with van der Waals surface area (Å²) in [5.41, 5.74) is 0. The summed E-state index contributed by atoms with van der Waals surface area (Å²) in [5, 5.41) is 0. The Hall–Kier alpha value is -1.01. The average molecular weight is 308 g/mol. The van der Waals surface area contributed by atoms with E-state index in [0.717, 1.165) is 0 Å². The summed E-state index contributed by atoms with van der Waals surface area (Å²) in [5.74, 6) is -1.20. The summed E-state index contributed by atoms with van der Waals surface area (Å²) in [6.45, 7) is 6.81. The SMILES string of the molecule is CCOC(=O)CC(C)=O.CCOC(=O)CC(C)=O.[Ti]. The summed E-state index contributed by atoms with van der Waals surface area (Å²) in [6.07, 6.45) is -0.207. The van der Waals surface area contributed by atoms with E-state index < -0.39 is 11.9 Å². The van der Waals surface area contributed by atoms with Gasteiger partial charge in [-0.05, 0) is 27.7 Å². The molecular formula is C12H20O6Ti. The van der Waals surface area contributed by atoms with Crippen molar-refractivity contribution in [3.05, 3.63) is 0 Å². The zero-order valence-electron chi connectivity index (χ0n) is 11.8. The molecule has 0 aromatic heterocycles. The molecule has 0 bridgehead atoms. The second-order valence-electron chi connectivity index (χ2n) is 3.37. The molecule has 0 heterocycles. The number of esters is 2. The Labute approximate surface area is 128 Å². The average Bonchev–Trinajstić information content (AvgIpc) is 2.16. The van der Waals surface area contributed by atoms with E-state index in [1.54, 1.807) is 13.8 Å². The molecule has 0 N–H and O–H groups in total. The van der Waals surface area contributed by atoms with Gasteiger partial charge >= 0.3 is 11.9 Å². The van der Waals surface area contributed by atoms with Crippen LogP contribution >= 0.6 is 0 Å². The second kappa shape index (κ2) is 15.1. The van der Waals surface area contributed by atoms with Crippen LogP contribution in [0, 0.1) is 0 Å². The number of hydrogen-bond donors (Lipinski definition) is 0. The van der Waals surface area contributed by atoms with Crippen LogP contribution in [0.3, 0.4) is 0 Å². The summed E-state index contributed by atoms with van der Waals surface area (Å²) < 4.78 is 8.99. The molecule has 0 rings (SSSR count). The maximum atomic E-state index is 10.4. The van der Waals surface area contributed by atoms with Crippen molar-refractivity contribution in [1.82, 2.24) is 0 Å². The van der Waals surface area contributed by atoms with Crippen molar-refractivity contribution < 1.29 is 50.4 Å². The zero-order valence-corrected chi connectivity index (χ0v) is 13.3. The monoisotopic (exact) mass is 308 g/mol. The van der Waals surface area contributed by atoms with Crippen LogP contribution in [0.4, 0.5) is 0 Å². The number of Topliss-reactive ketones (excluding diaryl/α,β-unsaturated/α-hetero) is 2. The van der Waals surface area contributed by atoms with Crippen molar-refractivity contribution in [1.29, 1.82) is 0 Å². The van der Waals surface area contributed by atoms with Crippen LogP contribution in [0.1, 0.15) is 40.5 Å². The largest absolute Gasteiger partial charge is 0.466 e. The quantitative estimate of drug-likeness (QED) is 0.414. The number of ether oxygens (including phenoxy) is 2. The number of carbonyl (C=O) groups excluding carboxylic acids is 4. The van der Waals surface area contributed by atoms with Crippen molar-refractivity contribution >= 4 is 23.5 Å². The number of rotatable bonds is 6. The molecule has 0 aromatic rings. The number of hydrogen-bond acceptors (Lipinski definition) is 6. The molecule has 19 heavy (non-hydrogen) atoms. The van der Waals surface area contributed by atoms with Crippen LogP contribution in [0.5, 0.6) is 0 Å². The van der Waals surface area contributed by atoms with Gasteiger partial charge in [0.05, 0.1) is 13.2 Å². The summed E-state index contributed by atoms with van der Waals surface area (Å²) in [7, 11) is 0. The smallest absolute Gasteiger partial charge is 0.313 e. The van der Waals surface area contributed by atoms with Gasteiger partial charge in [-0.1, -0.05) is 0 Å². The minimum atomic E-state index is -0.440. The van der Waals surface area contributed by atoms with E-state index in [1.165, 1.54) is 13.8 Å². The fourth-order valence-electron chi connectivity index (χ4n) is 0.831. The molecule has 0 saturated carbocycles. The van der Waals surface area contributed by atoms with E-state index in [2.05, 4.69) is 9.47 Å². The molecule has 0 aliphatic rings. The van der Waals surface area contributed by atoms with Crippen LogP contribution < -0.4 is 0 Å². The molecular weight excluding hydrogens is 288 g/mol. The van der Waals surface area contributed by atoms with Gasteiger partial charge in [0.25, 0.3) is 0 Å². The molecule has 0 aliphatic heterocycles. The zero-order chi connectivity index (χ0) is 14.6. The van der Waals surface area contributed by atoms with Gasteiger partial charge in [-0.2, -0.15) is 0 Å². The first-order valence-corrected chi connectivity index (χ1v) is 5.63. The van der Waals surface area contributed by atoms with E-state index in [4.69, 9.17) is 0 Å². The second-order valence-corrected chi connectivity index (χ2v) is 3.37. The van der Waals surface area contributed by atoms with Gasteiger partial charge in [0.1, 0.15) is 24.4 Å². The first kappa shape index (κ1) is 23.1. The molecule has 108 valence electrons. The molecule has 0 spiro atoms. The Morgan fingerprint density at radius 3 is 1.16 bits per heavy atom. The van der Waals surface area contributed by atoms with Crippen molar-refractivity contribution in [3.63, 3.8) is 0 Å². The molecule has 0 aliphatic carbocycles. The molecule has 0 aromatic carbocycles. The molecule has 0 radical (unpaired) electrons. The van der Waals surface area contributed by atoms with Crippen molar-refractivity contribution in [2.75, 3.05) is 13.2 Å². The standard InChI is InChI=1S/2C6H10O3.Ti/c2*1-3-9-6(8)4-5(2)7;/h2*3-4H2,1-2H3;. The van der Waals surface area contributed by atoms with Gasteiger partial charge in [0.2, 0.25) is 0 Å². The predicted octanol–water partition coefficient (Wildman–Crippen LogP) is 1.05. The number of carbonyl (C=O) groups is 4. The molecule has 7 heteroatoms. The van der Waals surface area contributed by atoms with Gasteiger partial charge in [-0.3, -0.25) is 19.2 Å². The van der Waals surface area contributed by atoms with Crippen LogP contribution in [0.15, 0.2) is 0 Å². The van der Waals surface area contributed by atoms with E-state index >= 15 is 0 Å². The van der Waals surface area contributed by atoms with Crippen LogP contribution in [0.2, 0.25) is 0 Å². The first-order valence-electron chi connectivity index (χ1n) is 5.63. The fraction of sp³-hybridized carbons (Fsp3) is 0.667. The van der Waals surface area contributed by atoms with Gasteiger partial charge in [0.15, 0.2) is 0 Å². The van der Waals surface area contributed by atoms with Crippen LogP contribution in [-0.2, 0) is 50.4 Å². The Morgan fingerprint density at radius 1 is 0.737 bits per heavy atom. The summed E-state index contributed by atoms with van der Waals surface area (Å²) in [6, 6.07) is 0. The Morgan fingerprint density at radius 2 is 1.00 bits per heavy atom. The summed E-state index contributed by atoms with van der Waals surface area (Å²) in [4.78, 5) is 41.3. The van der Waals surface area contributed by atoms with Crippen LogP contribution in [-0.4, -0.2) is 36.7 Å². The Bertz CT molecular complexity index is 271. The molecule has 0 unspecified atom stereocenters.